The smallest absolute Gasteiger partial charge is 0.207 e. The number of hydrogen-bond acceptors (Lipinski definition) is 1. The van der Waals surface area contributed by atoms with Gasteiger partial charge in [-0.2, -0.15) is 0 Å². The van der Waals surface area contributed by atoms with Gasteiger partial charge < -0.3 is 0 Å². The lowest BCUT2D eigenvalue weighted by Crippen LogP contribution is -1.95. The van der Waals surface area contributed by atoms with Crippen molar-refractivity contribution in [1.82, 2.24) is 0 Å². The van der Waals surface area contributed by atoms with Gasteiger partial charge in [0.25, 0.3) is 0 Å². The van der Waals surface area contributed by atoms with Crippen LogP contribution in [0.4, 0.5) is 4.39 Å². The van der Waals surface area contributed by atoms with E-state index in [1.165, 1.54) is 17.4 Å². The molecule has 1 atom stereocenters. The average Bonchev–Trinajstić information content (AvgIpc) is 2.33. The SMILES string of the molecule is Fc1ccc(C[P+](=S)c2ccccc2)cc1. The van der Waals surface area contributed by atoms with Crippen LogP contribution in [0.25, 0.3) is 0 Å². The van der Waals surface area contributed by atoms with Crippen LogP contribution in [0.5, 0.6) is 0 Å². The van der Waals surface area contributed by atoms with Crippen LogP contribution in [-0.2, 0) is 18.0 Å². The van der Waals surface area contributed by atoms with Gasteiger partial charge in [-0.25, -0.2) is 4.39 Å². The molecule has 0 N–H and O–H groups in total. The molecule has 0 aliphatic rings. The third-order valence-electron chi connectivity index (χ3n) is 2.28. The quantitative estimate of drug-likeness (QED) is 0.749. The third-order valence-corrected chi connectivity index (χ3v) is 4.83. The maximum absolute atomic E-state index is 12.7. The van der Waals surface area contributed by atoms with Gasteiger partial charge in [0.05, 0.1) is 0 Å². The van der Waals surface area contributed by atoms with Gasteiger partial charge in [0, 0.05) is 0 Å². The highest BCUT2D eigenvalue weighted by Gasteiger charge is 2.14. The second-order valence-corrected chi connectivity index (χ2v) is 6.41. The predicted octanol–water partition coefficient (Wildman–Crippen LogP) is 3.60. The van der Waals surface area contributed by atoms with E-state index >= 15 is 0 Å². The second kappa shape index (κ2) is 5.29. The molecule has 0 fully saturated rings. The van der Waals surface area contributed by atoms with E-state index in [1.807, 2.05) is 18.2 Å². The van der Waals surface area contributed by atoms with Gasteiger partial charge in [-0.05, 0) is 29.8 Å². The minimum absolute atomic E-state index is 0.197. The molecule has 0 amide bonds. The lowest BCUT2D eigenvalue weighted by Gasteiger charge is -1.95. The maximum atomic E-state index is 12.7. The fourth-order valence-electron chi connectivity index (χ4n) is 1.44. The van der Waals surface area contributed by atoms with Gasteiger partial charge in [0.2, 0.25) is 6.70 Å². The molecule has 0 saturated carbocycles. The monoisotopic (exact) mass is 249 g/mol. The number of halogens is 1. The minimum Gasteiger partial charge on any atom is -0.207 e. The van der Waals surface area contributed by atoms with Crippen molar-refractivity contribution in [3.05, 3.63) is 66.0 Å². The molecule has 3 heteroatoms. The summed E-state index contributed by atoms with van der Waals surface area (Å²) in [6.45, 7) is -0.601. The van der Waals surface area contributed by atoms with Crippen molar-refractivity contribution >= 4 is 23.8 Å². The van der Waals surface area contributed by atoms with Crippen LogP contribution in [0.3, 0.4) is 0 Å². The van der Waals surface area contributed by atoms with Gasteiger partial charge in [0.1, 0.15) is 12.0 Å². The second-order valence-electron chi connectivity index (χ2n) is 3.50. The molecule has 0 spiro atoms. The van der Waals surface area contributed by atoms with E-state index in [-0.39, 0.29) is 5.82 Å². The van der Waals surface area contributed by atoms with E-state index in [0.29, 0.717) is 0 Å². The van der Waals surface area contributed by atoms with Crippen molar-refractivity contribution in [1.29, 1.82) is 0 Å². The summed E-state index contributed by atoms with van der Waals surface area (Å²) in [7, 11) is 0. The van der Waals surface area contributed by atoms with E-state index in [1.54, 1.807) is 12.1 Å². The molecule has 2 aromatic carbocycles. The third kappa shape index (κ3) is 2.94. The van der Waals surface area contributed by atoms with Crippen LogP contribution in [-0.4, -0.2) is 0 Å². The Kier molecular flexibility index (Phi) is 3.76. The Bertz CT molecular complexity index is 479. The summed E-state index contributed by atoms with van der Waals surface area (Å²) in [4.78, 5) is 0. The Morgan fingerprint density at radius 1 is 0.938 bits per heavy atom. The summed E-state index contributed by atoms with van der Waals surface area (Å²) in [6, 6.07) is 16.7. The normalized spacial score (nSPS) is 11.2. The molecule has 0 aliphatic heterocycles. The molecule has 2 aromatic rings. The molecular weight excluding hydrogens is 238 g/mol. The summed E-state index contributed by atoms with van der Waals surface area (Å²) in [6.07, 6.45) is 0.828. The van der Waals surface area contributed by atoms with Crippen LogP contribution in [0.15, 0.2) is 54.6 Å². The summed E-state index contributed by atoms with van der Waals surface area (Å²) >= 11 is 5.49. The zero-order valence-corrected chi connectivity index (χ0v) is 10.3. The van der Waals surface area contributed by atoms with E-state index < -0.39 is 6.70 Å². The summed E-state index contributed by atoms with van der Waals surface area (Å²) in [5, 5.41) is 1.21. The van der Waals surface area contributed by atoms with Crippen molar-refractivity contribution in [3.63, 3.8) is 0 Å². The van der Waals surface area contributed by atoms with Crippen LogP contribution >= 0.6 is 6.70 Å². The molecule has 0 bridgehead atoms. The highest BCUT2D eigenvalue weighted by atomic mass is 32.4. The Labute approximate surface area is 101 Å². The van der Waals surface area contributed by atoms with Gasteiger partial charge in [0.15, 0.2) is 17.1 Å². The van der Waals surface area contributed by atoms with Crippen molar-refractivity contribution in [2.45, 2.75) is 6.16 Å². The Morgan fingerprint density at radius 3 is 2.19 bits per heavy atom. The first-order valence-electron chi connectivity index (χ1n) is 5.00. The highest BCUT2D eigenvalue weighted by molar-refractivity contribution is 8.08. The lowest BCUT2D eigenvalue weighted by molar-refractivity contribution is 0.627. The van der Waals surface area contributed by atoms with Crippen LogP contribution < -0.4 is 5.30 Å². The zero-order chi connectivity index (χ0) is 11.4. The summed E-state index contributed by atoms with van der Waals surface area (Å²) in [5.41, 5.74) is 1.10. The topological polar surface area (TPSA) is 0 Å². The van der Waals surface area contributed by atoms with E-state index in [4.69, 9.17) is 11.8 Å². The van der Waals surface area contributed by atoms with Crippen molar-refractivity contribution in [2.75, 3.05) is 0 Å². The standard InChI is InChI=1S/C13H11FPS/c14-12-8-6-11(7-9-12)10-15(16)13-4-2-1-3-5-13/h1-9H,10H2/q+1. The fourth-order valence-corrected chi connectivity index (χ4v) is 3.48. The maximum Gasteiger partial charge on any atom is 0.217 e. The molecule has 80 valence electrons. The minimum atomic E-state index is -0.601. The van der Waals surface area contributed by atoms with Gasteiger partial charge in [-0.3, -0.25) is 0 Å². The Hall–Kier alpha value is -1.11. The van der Waals surface area contributed by atoms with Crippen molar-refractivity contribution < 1.29 is 4.39 Å². The van der Waals surface area contributed by atoms with Crippen LogP contribution in [0, 0.1) is 5.82 Å². The van der Waals surface area contributed by atoms with Crippen LogP contribution in [0.2, 0.25) is 0 Å². The lowest BCUT2D eigenvalue weighted by atomic mass is 10.2. The van der Waals surface area contributed by atoms with Crippen LogP contribution in [0.1, 0.15) is 5.56 Å². The molecule has 0 radical (unpaired) electrons. The number of hydrogen-bond donors (Lipinski definition) is 0. The van der Waals surface area contributed by atoms with E-state index in [2.05, 4.69) is 12.1 Å². The van der Waals surface area contributed by atoms with E-state index in [9.17, 15) is 4.39 Å². The molecule has 0 aliphatic carbocycles. The Balaban J connectivity index is 2.11. The Morgan fingerprint density at radius 2 is 1.56 bits per heavy atom. The first-order valence-corrected chi connectivity index (χ1v) is 7.54. The first kappa shape index (κ1) is 11.4. The fraction of sp³-hybridized carbons (Fsp3) is 0.0769. The summed E-state index contributed by atoms with van der Waals surface area (Å²) in [5.74, 6) is -0.197. The largest absolute Gasteiger partial charge is 0.217 e. The van der Waals surface area contributed by atoms with Crippen molar-refractivity contribution in [2.24, 2.45) is 0 Å². The van der Waals surface area contributed by atoms with Gasteiger partial charge in [-0.1, -0.05) is 30.3 Å². The van der Waals surface area contributed by atoms with Gasteiger partial charge >= 0.3 is 0 Å². The number of benzene rings is 2. The van der Waals surface area contributed by atoms with Crippen molar-refractivity contribution in [3.8, 4) is 0 Å². The molecule has 0 nitrogen and oxygen atoms in total. The first-order chi connectivity index (χ1) is 7.75. The molecular formula is C13H11FPS+. The highest BCUT2D eigenvalue weighted by Crippen LogP contribution is 2.26. The average molecular weight is 249 g/mol. The number of rotatable bonds is 3. The molecule has 16 heavy (non-hydrogen) atoms. The molecule has 1 unspecified atom stereocenters. The molecule has 0 heterocycles. The summed E-state index contributed by atoms with van der Waals surface area (Å²) < 4.78 is 12.7. The van der Waals surface area contributed by atoms with E-state index in [0.717, 1.165) is 11.7 Å². The molecule has 0 saturated heterocycles. The predicted molar refractivity (Wildman–Crippen MR) is 70.5 cm³/mol. The van der Waals surface area contributed by atoms with Gasteiger partial charge in [-0.15, -0.1) is 0 Å². The zero-order valence-electron chi connectivity index (χ0n) is 8.64. The molecule has 0 aromatic heterocycles. The molecule has 2 rings (SSSR count).